The first kappa shape index (κ1) is 19.1. The number of hydrogen-bond donors (Lipinski definition) is 1. The van der Waals surface area contributed by atoms with Crippen LogP contribution in [0, 0.1) is 0 Å². The lowest BCUT2D eigenvalue weighted by Crippen LogP contribution is -2.10. The van der Waals surface area contributed by atoms with Crippen LogP contribution in [-0.2, 0) is 6.61 Å². The Morgan fingerprint density at radius 2 is 1.81 bits per heavy atom. The number of carbonyl (C=O) groups is 1. The first-order chi connectivity index (χ1) is 13.1. The average Bonchev–Trinajstić information content (AvgIpc) is 3.14. The van der Waals surface area contributed by atoms with Crippen molar-refractivity contribution in [1.82, 2.24) is 0 Å². The lowest BCUT2D eigenvalue weighted by molar-refractivity contribution is 0.0992. The Hall–Kier alpha value is -2.63. The second-order valence-electron chi connectivity index (χ2n) is 5.52. The van der Waals surface area contributed by atoms with Crippen molar-refractivity contribution in [1.29, 1.82) is 0 Å². The lowest BCUT2D eigenvalue weighted by atomic mass is 10.3. The maximum atomic E-state index is 12.3. The molecule has 5 nitrogen and oxygen atoms in total. The van der Waals surface area contributed by atoms with Gasteiger partial charge in [0, 0.05) is 5.69 Å². The number of benzene rings is 2. The fourth-order valence-electron chi connectivity index (χ4n) is 2.32. The van der Waals surface area contributed by atoms with E-state index in [1.165, 1.54) is 0 Å². The number of carbonyl (C=O) groups excluding carboxylic acids is 1. The van der Waals surface area contributed by atoms with Gasteiger partial charge in [0.05, 0.1) is 11.6 Å². The van der Waals surface area contributed by atoms with Crippen molar-refractivity contribution in [3.63, 3.8) is 0 Å². The van der Waals surface area contributed by atoms with E-state index in [0.29, 0.717) is 33.8 Å². The molecular formula is C20H17Cl2NO4. The van der Waals surface area contributed by atoms with Gasteiger partial charge in [-0.15, -0.1) is 0 Å². The van der Waals surface area contributed by atoms with E-state index < -0.39 is 0 Å². The summed E-state index contributed by atoms with van der Waals surface area (Å²) in [7, 11) is 0. The van der Waals surface area contributed by atoms with Gasteiger partial charge < -0.3 is 19.2 Å². The molecule has 140 valence electrons. The molecule has 0 atom stereocenters. The molecule has 0 unspecified atom stereocenters. The summed E-state index contributed by atoms with van der Waals surface area (Å²) in [6, 6.07) is 15.5. The SMILES string of the molecule is CCOc1ccc(NC(=O)c2ccc(COc3cccc(Cl)c3Cl)o2)cc1. The largest absolute Gasteiger partial charge is 0.494 e. The highest BCUT2D eigenvalue weighted by Crippen LogP contribution is 2.32. The number of amides is 1. The van der Waals surface area contributed by atoms with Crippen molar-refractivity contribution in [2.45, 2.75) is 13.5 Å². The van der Waals surface area contributed by atoms with Crippen LogP contribution in [0.15, 0.2) is 59.0 Å². The summed E-state index contributed by atoms with van der Waals surface area (Å²) in [5, 5.41) is 3.50. The van der Waals surface area contributed by atoms with Gasteiger partial charge in [-0.25, -0.2) is 0 Å². The number of halogens is 2. The van der Waals surface area contributed by atoms with Crippen LogP contribution in [0.4, 0.5) is 5.69 Å². The molecule has 1 N–H and O–H groups in total. The number of ether oxygens (including phenoxy) is 2. The molecule has 1 amide bonds. The smallest absolute Gasteiger partial charge is 0.291 e. The second kappa shape index (κ2) is 8.84. The summed E-state index contributed by atoms with van der Waals surface area (Å²) in [5.74, 6) is 1.50. The molecule has 0 saturated heterocycles. The van der Waals surface area contributed by atoms with E-state index in [9.17, 15) is 4.79 Å². The van der Waals surface area contributed by atoms with Crippen LogP contribution in [0.1, 0.15) is 23.2 Å². The minimum absolute atomic E-state index is 0.121. The third-order valence-electron chi connectivity index (χ3n) is 3.59. The van der Waals surface area contributed by atoms with Crippen LogP contribution in [0.25, 0.3) is 0 Å². The first-order valence-electron chi connectivity index (χ1n) is 8.26. The summed E-state index contributed by atoms with van der Waals surface area (Å²) < 4.78 is 16.5. The van der Waals surface area contributed by atoms with Gasteiger partial charge in [-0.1, -0.05) is 29.3 Å². The molecule has 0 aliphatic heterocycles. The summed E-state index contributed by atoms with van der Waals surface area (Å²) in [6.45, 7) is 2.62. The quantitative estimate of drug-likeness (QED) is 0.538. The highest BCUT2D eigenvalue weighted by molar-refractivity contribution is 6.42. The van der Waals surface area contributed by atoms with Gasteiger partial charge in [0.15, 0.2) is 5.76 Å². The summed E-state index contributed by atoms with van der Waals surface area (Å²) in [6.07, 6.45) is 0. The van der Waals surface area contributed by atoms with Crippen molar-refractivity contribution in [2.75, 3.05) is 11.9 Å². The van der Waals surface area contributed by atoms with Crippen molar-refractivity contribution < 1.29 is 18.7 Å². The Kier molecular flexibility index (Phi) is 6.27. The third-order valence-corrected chi connectivity index (χ3v) is 4.40. The number of nitrogens with one attached hydrogen (secondary N) is 1. The highest BCUT2D eigenvalue weighted by atomic mass is 35.5. The van der Waals surface area contributed by atoms with Gasteiger partial charge in [0.25, 0.3) is 5.91 Å². The lowest BCUT2D eigenvalue weighted by Gasteiger charge is -2.07. The van der Waals surface area contributed by atoms with E-state index in [1.54, 1.807) is 54.6 Å². The molecule has 0 aliphatic rings. The maximum absolute atomic E-state index is 12.3. The monoisotopic (exact) mass is 405 g/mol. The van der Waals surface area contributed by atoms with Crippen molar-refractivity contribution in [2.24, 2.45) is 0 Å². The van der Waals surface area contributed by atoms with Crippen molar-refractivity contribution >= 4 is 34.8 Å². The zero-order valence-corrected chi connectivity index (χ0v) is 16.0. The third kappa shape index (κ3) is 4.96. The number of furan rings is 1. The number of rotatable bonds is 7. The normalized spacial score (nSPS) is 10.5. The highest BCUT2D eigenvalue weighted by Gasteiger charge is 2.13. The van der Waals surface area contributed by atoms with Crippen LogP contribution in [0.5, 0.6) is 11.5 Å². The number of hydrogen-bond acceptors (Lipinski definition) is 4. The standard InChI is InChI=1S/C20H17Cl2NO4/c1-2-25-14-8-6-13(7-9-14)23-20(24)18-11-10-15(27-18)12-26-17-5-3-4-16(21)19(17)22/h3-11H,2,12H2,1H3,(H,23,24). The summed E-state index contributed by atoms with van der Waals surface area (Å²) >= 11 is 12.0. The van der Waals surface area contributed by atoms with Gasteiger partial charge in [0.2, 0.25) is 0 Å². The van der Waals surface area contributed by atoms with Gasteiger partial charge in [-0.05, 0) is 55.5 Å². The Morgan fingerprint density at radius 1 is 1.04 bits per heavy atom. The minimum Gasteiger partial charge on any atom is -0.494 e. The summed E-state index contributed by atoms with van der Waals surface area (Å²) in [5.41, 5.74) is 0.642. The van der Waals surface area contributed by atoms with E-state index in [4.69, 9.17) is 37.1 Å². The van der Waals surface area contributed by atoms with Crippen LogP contribution in [0.2, 0.25) is 10.0 Å². The predicted molar refractivity (Wildman–Crippen MR) is 105 cm³/mol. The molecule has 0 spiro atoms. The van der Waals surface area contributed by atoms with Crippen LogP contribution in [0.3, 0.4) is 0 Å². The molecule has 0 radical (unpaired) electrons. The maximum Gasteiger partial charge on any atom is 0.291 e. The zero-order chi connectivity index (χ0) is 19.2. The van der Waals surface area contributed by atoms with E-state index >= 15 is 0 Å². The van der Waals surface area contributed by atoms with Crippen molar-refractivity contribution in [3.8, 4) is 11.5 Å². The Morgan fingerprint density at radius 3 is 2.56 bits per heavy atom. The zero-order valence-electron chi connectivity index (χ0n) is 14.5. The molecule has 3 aromatic rings. The van der Waals surface area contributed by atoms with Crippen LogP contribution < -0.4 is 14.8 Å². The molecule has 1 heterocycles. The van der Waals surface area contributed by atoms with Gasteiger partial charge in [-0.2, -0.15) is 0 Å². The van der Waals surface area contributed by atoms with Crippen LogP contribution >= 0.6 is 23.2 Å². The molecule has 0 bridgehead atoms. The molecule has 7 heteroatoms. The first-order valence-corrected chi connectivity index (χ1v) is 9.02. The molecule has 0 aliphatic carbocycles. The van der Waals surface area contributed by atoms with Crippen molar-refractivity contribution in [3.05, 3.63) is 76.2 Å². The molecule has 0 saturated carbocycles. The van der Waals surface area contributed by atoms with Gasteiger partial charge >= 0.3 is 0 Å². The van der Waals surface area contributed by atoms with E-state index in [2.05, 4.69) is 5.32 Å². The predicted octanol–water partition coefficient (Wildman–Crippen LogP) is 5.82. The minimum atomic E-state index is -0.355. The molecular weight excluding hydrogens is 389 g/mol. The Balaban J connectivity index is 1.59. The Labute approximate surface area is 166 Å². The van der Waals surface area contributed by atoms with E-state index in [0.717, 1.165) is 5.75 Å². The molecule has 1 aromatic heterocycles. The molecule has 3 rings (SSSR count). The topological polar surface area (TPSA) is 60.7 Å². The number of anilines is 1. The second-order valence-corrected chi connectivity index (χ2v) is 6.30. The fourth-order valence-corrected chi connectivity index (χ4v) is 2.66. The summed E-state index contributed by atoms with van der Waals surface area (Å²) in [4.78, 5) is 12.3. The van der Waals surface area contributed by atoms with E-state index in [-0.39, 0.29) is 18.3 Å². The van der Waals surface area contributed by atoms with Gasteiger partial charge in [0.1, 0.15) is 28.9 Å². The fraction of sp³-hybridized carbons (Fsp3) is 0.150. The Bertz CT molecular complexity index is 922. The average molecular weight is 406 g/mol. The van der Waals surface area contributed by atoms with Gasteiger partial charge in [-0.3, -0.25) is 4.79 Å². The van der Waals surface area contributed by atoms with E-state index in [1.807, 2.05) is 6.92 Å². The van der Waals surface area contributed by atoms with Crippen LogP contribution in [-0.4, -0.2) is 12.5 Å². The molecule has 2 aromatic carbocycles. The molecule has 0 fully saturated rings. The molecule has 27 heavy (non-hydrogen) atoms.